The molecule has 0 bridgehead atoms. The standard InChI is InChI=1S/2C25H27.C4H7F3Si.2ClH.Zr/c2*1-2-7-19-12-14-22(15-13-19)24-11-6-10-23-17-21(18-25(23)24)16-20-8-4-3-5-9-20;1-8-3-2-4(5,6)7;;;/h2*6,10-16,18,20H,2-5,7-9H2,1H3;2-3H2,1H3;2*1H;/q2*-1;;;;+2/p-2. The van der Waals surface area contributed by atoms with Gasteiger partial charge < -0.3 is 24.8 Å². The van der Waals surface area contributed by atoms with Crippen molar-refractivity contribution >= 4 is 29.7 Å². The summed E-state index contributed by atoms with van der Waals surface area (Å²) in [5.41, 5.74) is 10.1. The van der Waals surface area contributed by atoms with Crippen molar-refractivity contribution in [2.24, 2.45) is 11.8 Å². The maximum Gasteiger partial charge on any atom is -1.00 e. The van der Waals surface area contributed by atoms with Crippen LogP contribution in [-0.4, -0.2) is 11.6 Å². The average Bonchev–Trinajstić information content (AvgIpc) is 3.85. The summed E-state index contributed by atoms with van der Waals surface area (Å²) in [4.78, 5) is 0. The molecule has 0 nitrogen and oxygen atoms in total. The fourth-order valence-corrected chi connectivity index (χ4v) is 10.3. The van der Waals surface area contributed by atoms with Crippen LogP contribution in [0.25, 0.3) is 46.6 Å². The average molecular weight is 957 g/mol. The van der Waals surface area contributed by atoms with Crippen molar-refractivity contribution in [1.29, 1.82) is 0 Å². The van der Waals surface area contributed by atoms with E-state index in [0.29, 0.717) is 6.04 Å². The summed E-state index contributed by atoms with van der Waals surface area (Å²) in [7, 11) is 0. The molecule has 0 unspecified atom stereocenters. The summed E-state index contributed by atoms with van der Waals surface area (Å²) in [5.74, 6) is 1.50. The molecule has 322 valence electrons. The number of allylic oxidation sites excluding steroid dienone is 4. The SMILES string of the molecule is CCCc1ccc(-c2cccc3c2=CC(=CC2CCCCC2)[C-]=3)cc1.CCCc1ccc(-c2cccc3c2=CC(=CC2CCCCC2)[C-]=3)cc1.C[Si](=[Zr+2])CCC(F)(F)F.[Cl-].[Cl-]. The molecular weight excluding hydrogens is 896 g/mol. The number of hydrogen-bond acceptors (Lipinski definition) is 0. The van der Waals surface area contributed by atoms with Crippen molar-refractivity contribution in [1.82, 2.24) is 0 Å². The Labute approximate surface area is 391 Å². The number of fused-ring (bicyclic) bond motifs is 2. The molecule has 0 atom stereocenters. The summed E-state index contributed by atoms with van der Waals surface area (Å²) < 4.78 is 34.3. The van der Waals surface area contributed by atoms with Crippen LogP contribution < -0.4 is 45.7 Å². The number of hydrogen-bond donors (Lipinski definition) is 0. The number of alkyl halides is 3. The van der Waals surface area contributed by atoms with E-state index in [-0.39, 0.29) is 24.8 Å². The van der Waals surface area contributed by atoms with Crippen LogP contribution >= 0.6 is 0 Å². The van der Waals surface area contributed by atoms with Gasteiger partial charge in [-0.3, -0.25) is 0 Å². The van der Waals surface area contributed by atoms with Gasteiger partial charge in [-0.05, 0) is 46.9 Å². The van der Waals surface area contributed by atoms with E-state index in [1.54, 1.807) is 0 Å². The van der Waals surface area contributed by atoms with E-state index < -0.39 is 18.0 Å². The second-order valence-corrected chi connectivity index (χ2v) is 25.3. The third-order valence-electron chi connectivity index (χ3n) is 11.9. The topological polar surface area (TPSA) is 0 Å². The number of halogens is 5. The molecule has 4 aliphatic carbocycles. The van der Waals surface area contributed by atoms with Crippen LogP contribution in [0.2, 0.25) is 12.6 Å². The first kappa shape index (κ1) is 50.9. The minimum atomic E-state index is -3.93. The maximum atomic E-state index is 11.4. The Morgan fingerprint density at radius 2 is 1.00 bits per heavy atom. The molecule has 0 N–H and O–H groups in total. The second-order valence-electron chi connectivity index (χ2n) is 16.9. The Hall–Kier alpha value is -2.69. The molecule has 0 radical (unpaired) electrons. The Morgan fingerprint density at radius 3 is 1.33 bits per heavy atom. The molecule has 0 aliphatic heterocycles. The zero-order chi connectivity index (χ0) is 41.6. The van der Waals surface area contributed by atoms with Gasteiger partial charge >= 0.3 is 67.1 Å². The molecule has 2 fully saturated rings. The van der Waals surface area contributed by atoms with E-state index in [2.05, 4.69) is 135 Å². The number of benzene rings is 4. The summed E-state index contributed by atoms with van der Waals surface area (Å²) in [6, 6.07) is 31.8. The summed E-state index contributed by atoms with van der Waals surface area (Å²) >= 11 is 1.29. The molecular formula is C54H61Cl2F3SiZr-2. The molecule has 0 aromatic heterocycles. The third kappa shape index (κ3) is 15.8. The van der Waals surface area contributed by atoms with E-state index in [1.807, 2.05) is 6.55 Å². The predicted octanol–water partition coefficient (Wildman–Crippen LogP) is 6.64. The number of aryl methyl sites for hydroxylation is 2. The van der Waals surface area contributed by atoms with Crippen LogP contribution in [0.3, 0.4) is 0 Å². The fourth-order valence-electron chi connectivity index (χ4n) is 8.75. The van der Waals surface area contributed by atoms with Gasteiger partial charge in [0.2, 0.25) is 0 Å². The molecule has 7 heteroatoms. The van der Waals surface area contributed by atoms with Crippen molar-refractivity contribution in [2.75, 3.05) is 0 Å². The third-order valence-corrected chi connectivity index (χ3v) is 14.7. The van der Waals surface area contributed by atoms with E-state index in [1.165, 1.54) is 166 Å². The Morgan fingerprint density at radius 1 is 0.607 bits per heavy atom. The second kappa shape index (κ2) is 25.6. The molecule has 8 rings (SSSR count). The smallest absolute Gasteiger partial charge is 1.00 e. The van der Waals surface area contributed by atoms with Crippen molar-refractivity contribution in [3.05, 3.63) is 140 Å². The van der Waals surface area contributed by atoms with Crippen molar-refractivity contribution in [3.63, 3.8) is 0 Å². The summed E-state index contributed by atoms with van der Waals surface area (Å²) in [5, 5.41) is 5.18. The van der Waals surface area contributed by atoms with E-state index in [4.69, 9.17) is 0 Å². The first-order valence-corrected chi connectivity index (χ1v) is 28.2. The van der Waals surface area contributed by atoms with Crippen LogP contribution in [0.5, 0.6) is 0 Å². The Bertz CT molecular complexity index is 2180. The van der Waals surface area contributed by atoms with Gasteiger partial charge in [0.25, 0.3) is 0 Å². The van der Waals surface area contributed by atoms with Gasteiger partial charge in [-0.1, -0.05) is 175 Å². The van der Waals surface area contributed by atoms with Crippen LogP contribution in [0, 0.1) is 11.8 Å². The van der Waals surface area contributed by atoms with Gasteiger partial charge in [-0.25, -0.2) is 0 Å². The molecule has 4 aromatic rings. The number of rotatable bonds is 10. The van der Waals surface area contributed by atoms with Gasteiger partial charge in [0.05, 0.1) is 0 Å². The molecule has 4 aromatic carbocycles. The quantitative estimate of drug-likeness (QED) is 0.124. The van der Waals surface area contributed by atoms with E-state index in [9.17, 15) is 13.2 Å². The molecule has 0 amide bonds. The molecule has 4 aliphatic rings. The monoisotopic (exact) mass is 954 g/mol. The fraction of sp³-hybridized carbons (Fsp3) is 0.407. The van der Waals surface area contributed by atoms with Gasteiger partial charge in [-0.2, -0.15) is 0 Å². The van der Waals surface area contributed by atoms with Gasteiger partial charge in [0.15, 0.2) is 0 Å². The molecule has 0 spiro atoms. The summed E-state index contributed by atoms with van der Waals surface area (Å²) in [6.45, 7) is 6.40. The first-order valence-electron chi connectivity index (χ1n) is 22.3. The van der Waals surface area contributed by atoms with Crippen LogP contribution in [-0.2, 0) is 36.2 Å². The minimum absolute atomic E-state index is 0. The minimum Gasteiger partial charge on any atom is -1.00 e. The van der Waals surface area contributed by atoms with Crippen molar-refractivity contribution in [2.45, 2.75) is 129 Å². The van der Waals surface area contributed by atoms with Crippen LogP contribution in [0.4, 0.5) is 13.2 Å². The summed E-state index contributed by atoms with van der Waals surface area (Å²) in [6.07, 6.45) is 30.9. The zero-order valence-electron chi connectivity index (χ0n) is 36.3. The van der Waals surface area contributed by atoms with Crippen molar-refractivity contribution < 1.29 is 61.3 Å². The molecule has 61 heavy (non-hydrogen) atoms. The van der Waals surface area contributed by atoms with Crippen molar-refractivity contribution in [3.8, 4) is 22.3 Å². The van der Waals surface area contributed by atoms with Gasteiger partial charge in [0.1, 0.15) is 0 Å². The van der Waals surface area contributed by atoms with Gasteiger partial charge in [0, 0.05) is 0 Å². The van der Waals surface area contributed by atoms with E-state index >= 15 is 0 Å². The van der Waals surface area contributed by atoms with Crippen LogP contribution in [0.15, 0.2) is 108 Å². The first-order chi connectivity index (χ1) is 28.6. The predicted molar refractivity (Wildman–Crippen MR) is 242 cm³/mol. The molecule has 0 saturated heterocycles. The molecule has 0 heterocycles. The molecule has 2 saturated carbocycles. The zero-order valence-corrected chi connectivity index (χ0v) is 41.2. The maximum absolute atomic E-state index is 11.4. The van der Waals surface area contributed by atoms with E-state index in [0.717, 1.165) is 24.7 Å². The normalized spacial score (nSPS) is 17.0. The van der Waals surface area contributed by atoms with Crippen LogP contribution in [0.1, 0.15) is 108 Å². The van der Waals surface area contributed by atoms with Gasteiger partial charge in [-0.15, -0.1) is 80.6 Å². The Balaban J connectivity index is 0.000000219. The largest absolute Gasteiger partial charge is 1.00 e. The Kier molecular flexibility index (Phi) is 21.4.